The molecule has 2 N–H and O–H groups in total. The summed E-state index contributed by atoms with van der Waals surface area (Å²) in [5.41, 5.74) is 1.45. The van der Waals surface area contributed by atoms with Crippen LogP contribution in [0.5, 0.6) is 11.5 Å². The Balaban J connectivity index is 2.31. The van der Waals surface area contributed by atoms with E-state index in [1.807, 2.05) is 18.2 Å². The quantitative estimate of drug-likeness (QED) is 0.793. The minimum atomic E-state index is -0.420. The lowest BCUT2D eigenvalue weighted by molar-refractivity contribution is -0.120. The molecule has 0 radical (unpaired) electrons. The summed E-state index contributed by atoms with van der Waals surface area (Å²) in [6, 6.07) is 14.2. The maximum absolute atomic E-state index is 12.5. The van der Waals surface area contributed by atoms with Crippen LogP contribution in [0.4, 0.5) is 5.69 Å². The molecule has 0 atom stereocenters. The number of hydrogen-bond acceptors (Lipinski definition) is 4. The molecule has 130 valence electrons. The van der Waals surface area contributed by atoms with E-state index in [-0.39, 0.29) is 11.6 Å². The molecule has 2 aromatic carbocycles. The highest BCUT2D eigenvalue weighted by Gasteiger charge is 2.12. The Labute approximate surface area is 146 Å². The predicted octanol–water partition coefficient (Wildman–Crippen LogP) is 2.82. The average Bonchev–Trinajstić information content (AvgIpc) is 2.61. The van der Waals surface area contributed by atoms with Gasteiger partial charge in [-0.15, -0.1) is 0 Å². The van der Waals surface area contributed by atoms with Crippen LogP contribution in [0.15, 0.2) is 54.2 Å². The zero-order valence-electron chi connectivity index (χ0n) is 14.3. The van der Waals surface area contributed by atoms with Crippen molar-refractivity contribution in [2.75, 3.05) is 19.5 Å². The van der Waals surface area contributed by atoms with Crippen LogP contribution in [0.25, 0.3) is 6.08 Å². The first kappa shape index (κ1) is 18.1. The summed E-state index contributed by atoms with van der Waals surface area (Å²) < 4.78 is 10.4. The predicted molar refractivity (Wildman–Crippen MR) is 96.4 cm³/mol. The SMILES string of the molecule is COc1ccc(/C=C(/NC(C)=O)C(=O)Nc2ccccc2)cc1OC. The second kappa shape index (κ2) is 8.54. The van der Waals surface area contributed by atoms with Gasteiger partial charge in [-0.05, 0) is 35.9 Å². The Kier molecular flexibility index (Phi) is 6.17. The van der Waals surface area contributed by atoms with Gasteiger partial charge in [0.05, 0.1) is 14.2 Å². The topological polar surface area (TPSA) is 76.7 Å². The van der Waals surface area contributed by atoms with E-state index in [2.05, 4.69) is 10.6 Å². The van der Waals surface area contributed by atoms with Gasteiger partial charge >= 0.3 is 0 Å². The fraction of sp³-hybridized carbons (Fsp3) is 0.158. The standard InChI is InChI=1S/C19H20N2O4/c1-13(22)20-16(19(23)21-15-7-5-4-6-8-15)11-14-9-10-17(24-2)18(12-14)25-3/h4-12H,1-3H3,(H,20,22)(H,21,23)/b16-11+. The number of methoxy groups -OCH3 is 2. The Morgan fingerprint density at radius 3 is 2.24 bits per heavy atom. The third kappa shape index (κ3) is 5.10. The lowest BCUT2D eigenvalue weighted by Gasteiger charge is -2.11. The van der Waals surface area contributed by atoms with Gasteiger partial charge in [-0.2, -0.15) is 0 Å². The largest absolute Gasteiger partial charge is 0.493 e. The number of carbonyl (C=O) groups is 2. The average molecular weight is 340 g/mol. The number of rotatable bonds is 6. The van der Waals surface area contributed by atoms with E-state index < -0.39 is 5.91 Å². The fourth-order valence-corrected chi connectivity index (χ4v) is 2.18. The van der Waals surface area contributed by atoms with Gasteiger partial charge in [-0.1, -0.05) is 24.3 Å². The van der Waals surface area contributed by atoms with Gasteiger partial charge in [0.2, 0.25) is 5.91 Å². The minimum Gasteiger partial charge on any atom is -0.493 e. The van der Waals surface area contributed by atoms with Crippen molar-refractivity contribution < 1.29 is 19.1 Å². The molecule has 0 aliphatic heterocycles. The highest BCUT2D eigenvalue weighted by atomic mass is 16.5. The summed E-state index contributed by atoms with van der Waals surface area (Å²) in [6.45, 7) is 1.35. The second-order valence-electron chi connectivity index (χ2n) is 5.17. The second-order valence-corrected chi connectivity index (χ2v) is 5.17. The Morgan fingerprint density at radius 1 is 0.960 bits per heavy atom. The number of anilines is 1. The number of nitrogens with one attached hydrogen (secondary N) is 2. The normalized spacial score (nSPS) is 10.8. The molecule has 0 saturated carbocycles. The first-order valence-corrected chi connectivity index (χ1v) is 7.61. The van der Waals surface area contributed by atoms with Crippen molar-refractivity contribution in [2.24, 2.45) is 0 Å². The molecule has 0 aromatic heterocycles. The van der Waals surface area contributed by atoms with Crippen molar-refractivity contribution >= 4 is 23.6 Å². The number of ether oxygens (including phenoxy) is 2. The van der Waals surface area contributed by atoms with E-state index in [4.69, 9.17) is 9.47 Å². The van der Waals surface area contributed by atoms with Crippen LogP contribution >= 0.6 is 0 Å². The highest BCUT2D eigenvalue weighted by Crippen LogP contribution is 2.28. The van der Waals surface area contributed by atoms with Crippen LogP contribution in [0.2, 0.25) is 0 Å². The summed E-state index contributed by atoms with van der Waals surface area (Å²) in [4.78, 5) is 23.9. The molecule has 0 aliphatic carbocycles. The van der Waals surface area contributed by atoms with Gasteiger partial charge in [-0.3, -0.25) is 9.59 Å². The maximum atomic E-state index is 12.5. The number of carbonyl (C=O) groups excluding carboxylic acids is 2. The molecule has 0 heterocycles. The maximum Gasteiger partial charge on any atom is 0.272 e. The van der Waals surface area contributed by atoms with Gasteiger partial charge in [0.15, 0.2) is 11.5 Å². The summed E-state index contributed by atoms with van der Waals surface area (Å²) in [5, 5.41) is 5.29. The number of hydrogen-bond donors (Lipinski definition) is 2. The zero-order valence-corrected chi connectivity index (χ0v) is 14.3. The summed E-state index contributed by atoms with van der Waals surface area (Å²) in [7, 11) is 3.07. The van der Waals surface area contributed by atoms with Crippen molar-refractivity contribution in [3.05, 3.63) is 59.8 Å². The first-order chi connectivity index (χ1) is 12.0. The Bertz CT molecular complexity index is 785. The third-order valence-electron chi connectivity index (χ3n) is 3.31. The molecule has 0 unspecified atom stereocenters. The van der Waals surface area contributed by atoms with Crippen LogP contribution in [0, 0.1) is 0 Å². The van der Waals surface area contributed by atoms with Crippen LogP contribution in [-0.2, 0) is 9.59 Å². The van der Waals surface area contributed by atoms with Crippen LogP contribution in [0.3, 0.4) is 0 Å². The van der Waals surface area contributed by atoms with E-state index in [9.17, 15) is 9.59 Å². The van der Waals surface area contributed by atoms with Crippen molar-refractivity contribution in [3.8, 4) is 11.5 Å². The molecule has 0 bridgehead atoms. The molecule has 6 heteroatoms. The molecular weight excluding hydrogens is 320 g/mol. The Morgan fingerprint density at radius 2 is 1.64 bits per heavy atom. The summed E-state index contributed by atoms with van der Waals surface area (Å²) >= 11 is 0. The molecule has 0 aliphatic rings. The Hall–Kier alpha value is -3.28. The fourth-order valence-electron chi connectivity index (χ4n) is 2.18. The zero-order chi connectivity index (χ0) is 18.2. The first-order valence-electron chi connectivity index (χ1n) is 7.61. The lowest BCUT2D eigenvalue weighted by Crippen LogP contribution is -2.28. The van der Waals surface area contributed by atoms with Crippen LogP contribution in [0.1, 0.15) is 12.5 Å². The molecule has 0 saturated heterocycles. The van der Waals surface area contributed by atoms with E-state index in [1.165, 1.54) is 14.0 Å². The molecule has 0 spiro atoms. The van der Waals surface area contributed by atoms with E-state index >= 15 is 0 Å². The number of amides is 2. The van der Waals surface area contributed by atoms with Gasteiger partial charge in [0, 0.05) is 12.6 Å². The molecule has 0 fully saturated rings. The minimum absolute atomic E-state index is 0.128. The van der Waals surface area contributed by atoms with E-state index in [1.54, 1.807) is 43.5 Å². The van der Waals surface area contributed by atoms with Gasteiger partial charge < -0.3 is 20.1 Å². The van der Waals surface area contributed by atoms with Gasteiger partial charge in [0.25, 0.3) is 5.91 Å². The monoisotopic (exact) mass is 340 g/mol. The molecule has 6 nitrogen and oxygen atoms in total. The van der Waals surface area contributed by atoms with Crippen molar-refractivity contribution in [1.82, 2.24) is 5.32 Å². The van der Waals surface area contributed by atoms with E-state index in [0.717, 1.165) is 0 Å². The lowest BCUT2D eigenvalue weighted by atomic mass is 10.1. The van der Waals surface area contributed by atoms with Crippen molar-refractivity contribution in [1.29, 1.82) is 0 Å². The third-order valence-corrected chi connectivity index (χ3v) is 3.31. The van der Waals surface area contributed by atoms with Crippen LogP contribution in [-0.4, -0.2) is 26.0 Å². The van der Waals surface area contributed by atoms with E-state index in [0.29, 0.717) is 22.7 Å². The molecule has 25 heavy (non-hydrogen) atoms. The van der Waals surface area contributed by atoms with Crippen molar-refractivity contribution in [2.45, 2.75) is 6.92 Å². The highest BCUT2D eigenvalue weighted by molar-refractivity contribution is 6.08. The van der Waals surface area contributed by atoms with Gasteiger partial charge in [-0.25, -0.2) is 0 Å². The summed E-state index contributed by atoms with van der Waals surface area (Å²) in [6.07, 6.45) is 1.57. The molecule has 2 amide bonds. The summed E-state index contributed by atoms with van der Waals surface area (Å²) in [5.74, 6) is 0.350. The molecule has 2 aromatic rings. The van der Waals surface area contributed by atoms with Gasteiger partial charge in [0.1, 0.15) is 5.70 Å². The molecular formula is C19H20N2O4. The van der Waals surface area contributed by atoms with Crippen molar-refractivity contribution in [3.63, 3.8) is 0 Å². The number of para-hydroxylation sites is 1. The number of benzene rings is 2. The molecule has 2 rings (SSSR count). The van der Waals surface area contributed by atoms with Crippen LogP contribution < -0.4 is 20.1 Å². The smallest absolute Gasteiger partial charge is 0.272 e.